The number of aryl methyl sites for hydroxylation is 1. The van der Waals surface area contributed by atoms with Gasteiger partial charge in [-0.3, -0.25) is 9.48 Å². The van der Waals surface area contributed by atoms with E-state index in [0.29, 0.717) is 11.1 Å². The summed E-state index contributed by atoms with van der Waals surface area (Å²) in [5, 5.41) is 14.6. The van der Waals surface area contributed by atoms with Crippen LogP contribution in [0.15, 0.2) is 36.7 Å². The number of hydrogen-bond acceptors (Lipinski definition) is 3. The summed E-state index contributed by atoms with van der Waals surface area (Å²) in [5.74, 6) is -1.35. The van der Waals surface area contributed by atoms with Crippen molar-refractivity contribution in [1.82, 2.24) is 19.7 Å². The number of fused-ring (bicyclic) bond motifs is 2. The Morgan fingerprint density at radius 2 is 2.17 bits per heavy atom. The highest BCUT2D eigenvalue weighted by molar-refractivity contribution is 6.00. The molecule has 0 aliphatic carbocycles. The van der Waals surface area contributed by atoms with E-state index in [0.717, 1.165) is 16.6 Å². The predicted molar refractivity (Wildman–Crippen MR) is 81.8 cm³/mol. The molecule has 23 heavy (non-hydrogen) atoms. The number of aliphatic carboxylic acids is 1. The van der Waals surface area contributed by atoms with Crippen LogP contribution in [0.2, 0.25) is 0 Å². The molecule has 7 nitrogen and oxygen atoms in total. The van der Waals surface area contributed by atoms with Crippen LogP contribution < -0.4 is 0 Å². The Hall–Kier alpha value is -3.09. The molecule has 2 aromatic heterocycles. The van der Waals surface area contributed by atoms with E-state index < -0.39 is 12.0 Å². The average molecular weight is 310 g/mol. The first-order valence-corrected chi connectivity index (χ1v) is 7.18. The van der Waals surface area contributed by atoms with Crippen LogP contribution in [0.25, 0.3) is 10.9 Å². The number of nitrogens with zero attached hydrogens (tertiary/aromatic N) is 3. The van der Waals surface area contributed by atoms with Gasteiger partial charge in [0.2, 0.25) is 0 Å². The standard InChI is InChI=1S/C16H14N4O3/c1-19-13-8-20(14(16(22)23)11(13)7-18-19)15(21)10-3-2-9-4-5-17-12(9)6-10/h2-7,14,17H,8H2,1H3,(H,22,23). The Bertz CT molecular complexity index is 940. The van der Waals surface area contributed by atoms with Gasteiger partial charge in [0.1, 0.15) is 0 Å². The molecule has 0 radical (unpaired) electrons. The van der Waals surface area contributed by atoms with E-state index in [1.165, 1.54) is 11.1 Å². The number of H-pyrrole nitrogens is 1. The second-order valence-electron chi connectivity index (χ2n) is 5.62. The normalized spacial score (nSPS) is 16.7. The summed E-state index contributed by atoms with van der Waals surface area (Å²) in [7, 11) is 1.75. The van der Waals surface area contributed by atoms with Gasteiger partial charge in [0, 0.05) is 29.9 Å². The molecule has 1 amide bonds. The van der Waals surface area contributed by atoms with Gasteiger partial charge in [0.05, 0.1) is 18.4 Å². The number of carboxylic acid groups (broad SMARTS) is 1. The van der Waals surface area contributed by atoms with E-state index in [9.17, 15) is 14.7 Å². The number of aromatic amines is 1. The Kier molecular flexibility index (Phi) is 2.77. The lowest BCUT2D eigenvalue weighted by molar-refractivity contribution is -0.142. The Morgan fingerprint density at radius 3 is 2.96 bits per heavy atom. The van der Waals surface area contributed by atoms with Crippen molar-refractivity contribution in [1.29, 1.82) is 0 Å². The number of carboxylic acids is 1. The van der Waals surface area contributed by atoms with Crippen LogP contribution in [0.4, 0.5) is 0 Å². The number of aromatic nitrogens is 3. The molecule has 116 valence electrons. The molecule has 0 fully saturated rings. The summed E-state index contributed by atoms with van der Waals surface area (Å²) < 4.78 is 1.62. The Morgan fingerprint density at radius 1 is 1.35 bits per heavy atom. The lowest BCUT2D eigenvalue weighted by atomic mass is 10.1. The minimum Gasteiger partial charge on any atom is -0.479 e. The minimum absolute atomic E-state index is 0.240. The van der Waals surface area contributed by atoms with Gasteiger partial charge < -0.3 is 15.0 Å². The SMILES string of the molecule is Cn1ncc2c1CN(C(=O)c1ccc3cc[nH]c3c1)C2C(=O)O. The smallest absolute Gasteiger partial charge is 0.331 e. The topological polar surface area (TPSA) is 91.2 Å². The van der Waals surface area contributed by atoms with Crippen molar-refractivity contribution >= 4 is 22.8 Å². The number of amides is 1. The van der Waals surface area contributed by atoms with Crippen molar-refractivity contribution in [3.05, 3.63) is 53.5 Å². The van der Waals surface area contributed by atoms with E-state index >= 15 is 0 Å². The summed E-state index contributed by atoms with van der Waals surface area (Å²) in [6.45, 7) is 0.240. The highest BCUT2D eigenvalue weighted by Gasteiger charge is 2.41. The third-order valence-corrected chi connectivity index (χ3v) is 4.32. The summed E-state index contributed by atoms with van der Waals surface area (Å²) >= 11 is 0. The largest absolute Gasteiger partial charge is 0.479 e. The van der Waals surface area contributed by atoms with Crippen LogP contribution in [0, 0.1) is 0 Å². The third-order valence-electron chi connectivity index (χ3n) is 4.32. The molecule has 7 heteroatoms. The Balaban J connectivity index is 1.74. The first kappa shape index (κ1) is 13.6. The zero-order chi connectivity index (χ0) is 16.1. The van der Waals surface area contributed by atoms with Gasteiger partial charge >= 0.3 is 5.97 Å². The molecular weight excluding hydrogens is 296 g/mol. The molecule has 0 bridgehead atoms. The number of carbonyl (C=O) groups excluding carboxylic acids is 1. The maximum Gasteiger partial charge on any atom is 0.331 e. The van der Waals surface area contributed by atoms with Crippen molar-refractivity contribution in [3.63, 3.8) is 0 Å². The van der Waals surface area contributed by atoms with E-state index in [4.69, 9.17) is 0 Å². The molecule has 1 unspecified atom stereocenters. The third kappa shape index (κ3) is 1.93. The van der Waals surface area contributed by atoms with Crippen molar-refractivity contribution in [2.45, 2.75) is 12.6 Å². The van der Waals surface area contributed by atoms with Gasteiger partial charge in [-0.15, -0.1) is 0 Å². The summed E-state index contributed by atoms with van der Waals surface area (Å²) in [6, 6.07) is 6.24. The van der Waals surface area contributed by atoms with E-state index in [-0.39, 0.29) is 12.5 Å². The molecule has 3 aromatic rings. The van der Waals surface area contributed by atoms with Crippen molar-refractivity contribution < 1.29 is 14.7 Å². The molecule has 1 aromatic carbocycles. The summed E-state index contributed by atoms with van der Waals surface area (Å²) in [6.07, 6.45) is 3.33. The van der Waals surface area contributed by atoms with Crippen LogP contribution in [-0.2, 0) is 18.4 Å². The number of carbonyl (C=O) groups is 2. The van der Waals surface area contributed by atoms with E-state index in [2.05, 4.69) is 10.1 Å². The van der Waals surface area contributed by atoms with Crippen molar-refractivity contribution in [3.8, 4) is 0 Å². The zero-order valence-corrected chi connectivity index (χ0v) is 12.4. The first-order valence-electron chi connectivity index (χ1n) is 7.18. The zero-order valence-electron chi connectivity index (χ0n) is 12.4. The molecule has 0 spiro atoms. The van der Waals surface area contributed by atoms with E-state index in [1.54, 1.807) is 30.1 Å². The van der Waals surface area contributed by atoms with Gasteiger partial charge in [-0.1, -0.05) is 6.07 Å². The average Bonchev–Trinajstić information content (AvgIpc) is 3.21. The second kappa shape index (κ2) is 4.70. The van der Waals surface area contributed by atoms with Gasteiger partial charge in [-0.05, 0) is 23.6 Å². The fourth-order valence-electron chi connectivity index (χ4n) is 3.12. The fraction of sp³-hybridized carbons (Fsp3) is 0.188. The lowest BCUT2D eigenvalue weighted by Gasteiger charge is -2.22. The van der Waals surface area contributed by atoms with Crippen molar-refractivity contribution in [2.24, 2.45) is 7.05 Å². The predicted octanol–water partition coefficient (Wildman–Crippen LogP) is 1.68. The molecule has 2 N–H and O–H groups in total. The molecule has 1 aliphatic heterocycles. The highest BCUT2D eigenvalue weighted by atomic mass is 16.4. The van der Waals surface area contributed by atoms with Crippen LogP contribution in [0.3, 0.4) is 0 Å². The van der Waals surface area contributed by atoms with Crippen LogP contribution >= 0.6 is 0 Å². The molecule has 0 saturated heterocycles. The number of rotatable bonds is 2. The van der Waals surface area contributed by atoms with Crippen LogP contribution in [0.5, 0.6) is 0 Å². The van der Waals surface area contributed by atoms with Gasteiger partial charge in [0.15, 0.2) is 6.04 Å². The van der Waals surface area contributed by atoms with Gasteiger partial charge in [-0.25, -0.2) is 4.79 Å². The highest BCUT2D eigenvalue weighted by Crippen LogP contribution is 2.34. The van der Waals surface area contributed by atoms with Crippen LogP contribution in [-0.4, -0.2) is 36.6 Å². The second-order valence-corrected chi connectivity index (χ2v) is 5.62. The minimum atomic E-state index is -1.05. The monoisotopic (exact) mass is 310 g/mol. The number of nitrogens with one attached hydrogen (secondary N) is 1. The molecule has 0 saturated carbocycles. The Labute approximate surface area is 131 Å². The summed E-state index contributed by atoms with van der Waals surface area (Å²) in [5.41, 5.74) is 2.65. The first-order chi connectivity index (χ1) is 11.1. The molecule has 1 atom stereocenters. The quantitative estimate of drug-likeness (QED) is 0.753. The molecule has 1 aliphatic rings. The van der Waals surface area contributed by atoms with E-state index in [1.807, 2.05) is 12.1 Å². The fourth-order valence-corrected chi connectivity index (χ4v) is 3.12. The van der Waals surface area contributed by atoms with Crippen LogP contribution in [0.1, 0.15) is 27.7 Å². The number of hydrogen-bond donors (Lipinski definition) is 2. The summed E-state index contributed by atoms with van der Waals surface area (Å²) in [4.78, 5) is 28.9. The van der Waals surface area contributed by atoms with Crippen molar-refractivity contribution in [2.75, 3.05) is 0 Å². The maximum absolute atomic E-state index is 12.8. The molecular formula is C16H14N4O3. The molecule has 4 rings (SSSR count). The van der Waals surface area contributed by atoms with Gasteiger partial charge in [0.25, 0.3) is 5.91 Å². The maximum atomic E-state index is 12.8. The lowest BCUT2D eigenvalue weighted by Crippen LogP contribution is -2.34. The van der Waals surface area contributed by atoms with Gasteiger partial charge in [-0.2, -0.15) is 5.10 Å². The number of benzene rings is 1. The molecule has 3 heterocycles.